The minimum Gasteiger partial charge on any atom is -0.359 e. The molecule has 1 aliphatic carbocycles. The second kappa shape index (κ2) is 8.32. The first kappa shape index (κ1) is 16.2. The number of carbonyl (C=O) groups is 1. The molecule has 2 N–H and O–H groups in total. The summed E-state index contributed by atoms with van der Waals surface area (Å²) in [4.78, 5) is 12.0. The fourth-order valence-corrected chi connectivity index (χ4v) is 3.87. The van der Waals surface area contributed by atoms with E-state index in [1.165, 1.54) is 19.3 Å². The van der Waals surface area contributed by atoms with Gasteiger partial charge < -0.3 is 15.2 Å². The number of hydrogen-bond donors (Lipinski definition) is 2. The number of hydrogen-bond acceptors (Lipinski definition) is 4. The average molecular weight is 311 g/mol. The summed E-state index contributed by atoms with van der Waals surface area (Å²) in [5.41, 5.74) is 0.916. The number of nitrogens with zero attached hydrogens (tertiary/aromatic N) is 1. The van der Waals surface area contributed by atoms with Crippen LogP contribution in [0.3, 0.4) is 0 Å². The molecule has 1 heterocycles. The molecule has 2 amide bonds. The number of aromatic nitrogens is 1. The van der Waals surface area contributed by atoms with Crippen molar-refractivity contribution in [3.63, 3.8) is 0 Å². The van der Waals surface area contributed by atoms with E-state index < -0.39 is 0 Å². The summed E-state index contributed by atoms with van der Waals surface area (Å²) >= 11 is 1.95. The van der Waals surface area contributed by atoms with Gasteiger partial charge in [0.1, 0.15) is 0 Å². The van der Waals surface area contributed by atoms with Gasteiger partial charge in [0.05, 0.1) is 12.2 Å². The van der Waals surface area contributed by atoms with Crippen LogP contribution in [0.25, 0.3) is 0 Å². The monoisotopic (exact) mass is 311 g/mol. The van der Waals surface area contributed by atoms with Crippen molar-refractivity contribution >= 4 is 17.8 Å². The first-order valence-corrected chi connectivity index (χ1v) is 8.88. The summed E-state index contributed by atoms with van der Waals surface area (Å²) in [6.07, 6.45) is 5.59. The zero-order valence-corrected chi connectivity index (χ0v) is 13.7. The minimum atomic E-state index is -0.113. The van der Waals surface area contributed by atoms with Gasteiger partial charge in [0.15, 0.2) is 5.76 Å². The maximum absolute atomic E-state index is 12.0. The smallest absolute Gasteiger partial charge is 0.315 e. The Morgan fingerprint density at radius 3 is 2.95 bits per heavy atom. The molecular weight excluding hydrogens is 286 g/mol. The predicted octanol–water partition coefficient (Wildman–Crippen LogP) is 3.10. The molecule has 0 radical (unpaired) electrons. The lowest BCUT2D eigenvalue weighted by molar-refractivity contribution is 0.231. The Morgan fingerprint density at radius 2 is 2.24 bits per heavy atom. The molecule has 2 rings (SSSR count). The van der Waals surface area contributed by atoms with Gasteiger partial charge in [-0.2, -0.15) is 11.8 Å². The number of thioether (sulfide) groups is 1. The second-order valence-electron chi connectivity index (χ2n) is 5.35. The summed E-state index contributed by atoms with van der Waals surface area (Å²) in [7, 11) is 0. The molecule has 0 spiro atoms. The molecule has 0 aliphatic heterocycles. The van der Waals surface area contributed by atoms with Gasteiger partial charge in [0.2, 0.25) is 0 Å². The molecule has 5 nitrogen and oxygen atoms in total. The van der Waals surface area contributed by atoms with Gasteiger partial charge in [-0.15, -0.1) is 0 Å². The van der Waals surface area contributed by atoms with Crippen molar-refractivity contribution in [2.45, 2.75) is 63.8 Å². The van der Waals surface area contributed by atoms with Crippen molar-refractivity contribution < 1.29 is 9.32 Å². The summed E-state index contributed by atoms with van der Waals surface area (Å²) in [6.45, 7) is 4.58. The minimum absolute atomic E-state index is 0.113. The maximum atomic E-state index is 12.0. The molecule has 0 unspecified atom stereocenters. The first-order valence-electron chi connectivity index (χ1n) is 7.83. The Hall–Kier alpha value is -1.17. The van der Waals surface area contributed by atoms with E-state index in [0.29, 0.717) is 17.6 Å². The van der Waals surface area contributed by atoms with Crippen LogP contribution in [0, 0.1) is 0 Å². The highest BCUT2D eigenvalue weighted by Crippen LogP contribution is 2.28. The summed E-state index contributed by atoms with van der Waals surface area (Å²) < 4.78 is 5.16. The molecule has 1 aromatic heterocycles. The number of amides is 2. The van der Waals surface area contributed by atoms with E-state index in [0.717, 1.165) is 24.3 Å². The van der Waals surface area contributed by atoms with E-state index in [-0.39, 0.29) is 12.1 Å². The Morgan fingerprint density at radius 1 is 1.43 bits per heavy atom. The molecule has 6 heteroatoms. The third-order valence-electron chi connectivity index (χ3n) is 3.79. The Labute approximate surface area is 130 Å². The van der Waals surface area contributed by atoms with Gasteiger partial charge in [-0.25, -0.2) is 4.79 Å². The fourth-order valence-electron chi connectivity index (χ4n) is 2.67. The van der Waals surface area contributed by atoms with Crippen molar-refractivity contribution in [2.75, 3.05) is 5.75 Å². The number of urea groups is 1. The van der Waals surface area contributed by atoms with E-state index in [9.17, 15) is 4.79 Å². The van der Waals surface area contributed by atoms with E-state index >= 15 is 0 Å². The SMILES string of the molecule is CCS[C@H]1CCCC[C@H]1NC(=O)NCc1cc(CC)no1. The van der Waals surface area contributed by atoms with Crippen molar-refractivity contribution in [3.05, 3.63) is 17.5 Å². The van der Waals surface area contributed by atoms with Crippen molar-refractivity contribution in [1.82, 2.24) is 15.8 Å². The molecule has 1 aliphatic rings. The lowest BCUT2D eigenvalue weighted by Crippen LogP contribution is -2.47. The zero-order chi connectivity index (χ0) is 15.1. The van der Waals surface area contributed by atoms with Crippen molar-refractivity contribution in [3.8, 4) is 0 Å². The fraction of sp³-hybridized carbons (Fsp3) is 0.733. The normalized spacial score (nSPS) is 22.0. The van der Waals surface area contributed by atoms with Crippen molar-refractivity contribution in [2.24, 2.45) is 0 Å². The zero-order valence-electron chi connectivity index (χ0n) is 12.9. The number of carbonyl (C=O) groups excluding carboxylic acids is 1. The Balaban J connectivity index is 1.77. The van der Waals surface area contributed by atoms with Crippen LogP contribution in [0.2, 0.25) is 0 Å². The third-order valence-corrected chi connectivity index (χ3v) is 5.12. The first-order chi connectivity index (χ1) is 10.2. The lowest BCUT2D eigenvalue weighted by atomic mass is 9.95. The van der Waals surface area contributed by atoms with Gasteiger partial charge >= 0.3 is 6.03 Å². The second-order valence-corrected chi connectivity index (χ2v) is 6.87. The van der Waals surface area contributed by atoms with E-state index in [1.54, 1.807) is 0 Å². The van der Waals surface area contributed by atoms with Crippen LogP contribution >= 0.6 is 11.8 Å². The standard InChI is InChI=1S/C15H25N3O2S/c1-3-11-9-12(20-18-11)10-16-15(19)17-13-7-5-6-8-14(13)21-4-2/h9,13-14H,3-8,10H2,1-2H3,(H2,16,17,19)/t13-,14+/m1/s1. The quantitative estimate of drug-likeness (QED) is 0.847. The molecular formula is C15H25N3O2S. The number of aryl methyl sites for hydroxylation is 1. The van der Waals surface area contributed by atoms with Crippen LogP contribution in [0.15, 0.2) is 10.6 Å². The van der Waals surface area contributed by atoms with E-state index in [4.69, 9.17) is 4.52 Å². The Bertz CT molecular complexity index is 448. The van der Waals surface area contributed by atoms with Gasteiger partial charge in [-0.1, -0.05) is 31.8 Å². The van der Waals surface area contributed by atoms with Crippen molar-refractivity contribution in [1.29, 1.82) is 0 Å². The molecule has 1 aromatic rings. The van der Waals surface area contributed by atoms with E-state index in [1.807, 2.05) is 24.8 Å². The number of rotatable bonds is 6. The highest BCUT2D eigenvalue weighted by atomic mass is 32.2. The van der Waals surface area contributed by atoms with Crippen LogP contribution in [0.1, 0.15) is 51.0 Å². The Kier molecular flexibility index (Phi) is 6.42. The molecule has 0 saturated heterocycles. The highest BCUT2D eigenvalue weighted by molar-refractivity contribution is 7.99. The van der Waals surface area contributed by atoms with E-state index in [2.05, 4.69) is 22.7 Å². The van der Waals surface area contributed by atoms with Gasteiger partial charge in [-0.05, 0) is 25.0 Å². The van der Waals surface area contributed by atoms with Crippen LogP contribution in [0.5, 0.6) is 0 Å². The van der Waals surface area contributed by atoms with Crippen LogP contribution in [0.4, 0.5) is 4.79 Å². The predicted molar refractivity (Wildman–Crippen MR) is 85.4 cm³/mol. The largest absolute Gasteiger partial charge is 0.359 e. The number of nitrogens with one attached hydrogen (secondary N) is 2. The van der Waals surface area contributed by atoms with Crippen LogP contribution < -0.4 is 10.6 Å². The van der Waals surface area contributed by atoms with Gasteiger partial charge in [-0.3, -0.25) is 0 Å². The summed E-state index contributed by atoms with van der Waals surface area (Å²) in [6, 6.07) is 2.05. The molecule has 1 fully saturated rings. The molecule has 21 heavy (non-hydrogen) atoms. The molecule has 118 valence electrons. The lowest BCUT2D eigenvalue weighted by Gasteiger charge is -2.31. The topological polar surface area (TPSA) is 67.2 Å². The molecule has 0 bridgehead atoms. The average Bonchev–Trinajstić information content (AvgIpc) is 2.95. The molecule has 2 atom stereocenters. The van der Waals surface area contributed by atoms with Gasteiger partial charge in [0, 0.05) is 17.4 Å². The van der Waals surface area contributed by atoms with Crippen LogP contribution in [-0.2, 0) is 13.0 Å². The third kappa shape index (κ3) is 4.95. The molecule has 0 aromatic carbocycles. The summed E-state index contributed by atoms with van der Waals surface area (Å²) in [5.74, 6) is 1.80. The highest BCUT2D eigenvalue weighted by Gasteiger charge is 2.26. The summed E-state index contributed by atoms with van der Waals surface area (Å²) in [5, 5.41) is 10.4. The van der Waals surface area contributed by atoms with Gasteiger partial charge in [0.25, 0.3) is 0 Å². The molecule has 1 saturated carbocycles. The van der Waals surface area contributed by atoms with Crippen LogP contribution in [-0.4, -0.2) is 28.2 Å². The maximum Gasteiger partial charge on any atom is 0.315 e.